The lowest BCUT2D eigenvalue weighted by Gasteiger charge is -2.47. The van der Waals surface area contributed by atoms with E-state index in [1.54, 1.807) is 0 Å². The molecule has 2 heterocycles. The minimum absolute atomic E-state index is 0.191. The molecule has 2 rings (SSSR count). The van der Waals surface area contributed by atoms with Crippen LogP contribution in [0.5, 0.6) is 0 Å². The molecule has 19 nitrogen and oxygen atoms in total. The van der Waals surface area contributed by atoms with E-state index in [0.717, 1.165) is 0 Å². The summed E-state index contributed by atoms with van der Waals surface area (Å²) < 4.78 is 17.4. The highest BCUT2D eigenvalue weighted by atomic mass is 16.8. The van der Waals surface area contributed by atoms with Crippen LogP contribution in [0.4, 0.5) is 0 Å². The smallest absolute Gasteiger partial charge is 0.208 e. The maximum absolute atomic E-state index is 5.98. The van der Waals surface area contributed by atoms with Gasteiger partial charge in [0, 0.05) is 0 Å². The molecule has 0 spiro atoms. The molecule has 16 N–H and O–H groups in total. The molecule has 2 saturated heterocycles. The van der Waals surface area contributed by atoms with Gasteiger partial charge >= 0.3 is 0 Å². The van der Waals surface area contributed by atoms with E-state index >= 15 is 0 Å². The van der Waals surface area contributed by atoms with E-state index in [0.29, 0.717) is 0 Å². The second-order valence-corrected chi connectivity index (χ2v) is 6.49. The topological polar surface area (TPSA) is 310 Å². The lowest BCUT2D eigenvalue weighted by Crippen LogP contribution is -2.68. The van der Waals surface area contributed by atoms with E-state index in [9.17, 15) is 0 Å². The molecule has 184 valence electrons. The molecule has 10 atom stereocenters. The first-order valence-electron chi connectivity index (χ1n) is 8.77. The monoisotopic (exact) mass is 462 g/mol. The van der Waals surface area contributed by atoms with Crippen molar-refractivity contribution >= 4 is 0 Å². The maximum atomic E-state index is 5.98. The van der Waals surface area contributed by atoms with E-state index < -0.39 is 61.4 Å². The summed E-state index contributed by atoms with van der Waals surface area (Å²) in [5.74, 6) is 42.4. The molecular formula is C12H30N8O11. The predicted octanol–water partition coefficient (Wildman–Crippen LogP) is -6.21. The fraction of sp³-hybridized carbons (Fsp3) is 1.00. The quantitative estimate of drug-likeness (QED) is 0.125. The highest BCUT2D eigenvalue weighted by Crippen LogP contribution is 2.32. The molecule has 10 unspecified atom stereocenters. The summed E-state index contributed by atoms with van der Waals surface area (Å²) in [6, 6.07) is 0. The summed E-state index contributed by atoms with van der Waals surface area (Å²) in [6.07, 6.45) is -11.0. The van der Waals surface area contributed by atoms with Gasteiger partial charge in [0.15, 0.2) is 18.5 Å². The first kappa shape index (κ1) is 26.5. The van der Waals surface area contributed by atoms with E-state index in [-0.39, 0.29) is 13.2 Å². The molecule has 0 bridgehead atoms. The zero-order valence-electron chi connectivity index (χ0n) is 16.3. The molecule has 0 radical (unpaired) electrons. The van der Waals surface area contributed by atoms with Gasteiger partial charge in [-0.2, -0.15) is 0 Å². The van der Waals surface area contributed by atoms with Crippen molar-refractivity contribution in [3.63, 3.8) is 0 Å². The first-order chi connectivity index (χ1) is 15.0. The van der Waals surface area contributed by atoms with Gasteiger partial charge in [-0.25, -0.2) is 47.2 Å². The van der Waals surface area contributed by atoms with Gasteiger partial charge < -0.3 is 23.9 Å². The summed E-state index contributed by atoms with van der Waals surface area (Å²) >= 11 is 0. The Morgan fingerprint density at radius 1 is 0.452 bits per heavy atom. The Hall–Kier alpha value is -0.760. The minimum Gasteiger partial charge on any atom is -0.341 e. The molecule has 2 aliphatic rings. The number of nitrogens with two attached hydrogens (primary N) is 8. The highest BCUT2D eigenvalue weighted by molar-refractivity contribution is 4.96. The van der Waals surface area contributed by atoms with Crippen LogP contribution < -0.4 is 47.2 Å². The molecule has 0 amide bonds. The van der Waals surface area contributed by atoms with Crippen molar-refractivity contribution in [1.82, 2.24) is 0 Å². The maximum Gasteiger partial charge on any atom is 0.208 e. The van der Waals surface area contributed by atoms with Gasteiger partial charge in [-0.1, -0.05) is 0 Å². The summed E-state index contributed by atoms with van der Waals surface area (Å²) in [5.41, 5.74) is 0. The average molecular weight is 462 g/mol. The number of hydrogen-bond donors (Lipinski definition) is 8. The van der Waals surface area contributed by atoms with Crippen molar-refractivity contribution in [2.24, 2.45) is 47.2 Å². The lowest BCUT2D eigenvalue weighted by atomic mass is 9.96. The molecule has 0 aromatic carbocycles. The number of rotatable bonds is 12. The van der Waals surface area contributed by atoms with Gasteiger partial charge in [-0.3, -0.25) is 29.0 Å². The second-order valence-electron chi connectivity index (χ2n) is 6.49. The molecule has 0 aromatic rings. The van der Waals surface area contributed by atoms with Crippen molar-refractivity contribution in [1.29, 1.82) is 0 Å². The average Bonchev–Trinajstić information content (AvgIpc) is 2.79. The van der Waals surface area contributed by atoms with Gasteiger partial charge in [0.25, 0.3) is 0 Å². The van der Waals surface area contributed by atoms with Crippen molar-refractivity contribution in [2.45, 2.75) is 61.4 Å². The SMILES string of the molecule is NOCC1OC(OC2C(CON)OC(ON)C(ON)C2ON)C(ON)C(ON)C1ON. The predicted molar refractivity (Wildman–Crippen MR) is 93.0 cm³/mol. The van der Waals surface area contributed by atoms with Crippen LogP contribution in [0.1, 0.15) is 0 Å². The van der Waals surface area contributed by atoms with Crippen molar-refractivity contribution in [2.75, 3.05) is 13.2 Å². The first-order valence-corrected chi connectivity index (χ1v) is 8.77. The van der Waals surface area contributed by atoms with Gasteiger partial charge in [-0.05, 0) is 0 Å². The van der Waals surface area contributed by atoms with E-state index in [4.69, 9.17) is 90.4 Å². The Labute approximate surface area is 175 Å². The molecular weight excluding hydrogens is 432 g/mol. The molecule has 0 aliphatic carbocycles. The van der Waals surface area contributed by atoms with Crippen LogP contribution in [0.25, 0.3) is 0 Å². The van der Waals surface area contributed by atoms with Crippen LogP contribution in [-0.4, -0.2) is 74.6 Å². The Morgan fingerprint density at radius 2 is 0.871 bits per heavy atom. The molecule has 0 saturated carbocycles. The van der Waals surface area contributed by atoms with Gasteiger partial charge in [0.1, 0.15) is 36.6 Å². The van der Waals surface area contributed by atoms with Gasteiger partial charge in [0.2, 0.25) is 6.29 Å². The van der Waals surface area contributed by atoms with Crippen LogP contribution >= 0.6 is 0 Å². The van der Waals surface area contributed by atoms with Crippen LogP contribution in [0.15, 0.2) is 0 Å². The number of ether oxygens (including phenoxy) is 3. The third kappa shape index (κ3) is 5.79. The second kappa shape index (κ2) is 13.1. The fourth-order valence-corrected chi connectivity index (χ4v) is 3.52. The van der Waals surface area contributed by atoms with Crippen LogP contribution in [0, 0.1) is 0 Å². The normalized spacial score (nSPS) is 41.4. The lowest BCUT2D eigenvalue weighted by molar-refractivity contribution is -0.377. The van der Waals surface area contributed by atoms with E-state index in [2.05, 4.69) is 9.68 Å². The molecule has 31 heavy (non-hydrogen) atoms. The van der Waals surface area contributed by atoms with Gasteiger partial charge in [-0.15, -0.1) is 0 Å². The Balaban J connectivity index is 2.32. The standard InChI is InChI=1S/C12H30N8O11/c13-21-1-3-5(7(27-16)10(30-19)12(24-3)31-20)25-11-9(29-18)8(28-17)6(26-15)4(23-11)2-22-14/h3-12H,1-2,13-20H2. The zero-order chi connectivity index (χ0) is 23.0. The largest absolute Gasteiger partial charge is 0.341 e. The fourth-order valence-electron chi connectivity index (χ4n) is 3.52. The Bertz CT molecular complexity index is 515. The summed E-state index contributed by atoms with van der Waals surface area (Å²) in [4.78, 5) is 38.5. The minimum atomic E-state index is -1.30. The van der Waals surface area contributed by atoms with E-state index in [1.165, 1.54) is 0 Å². The molecule has 0 aromatic heterocycles. The summed E-state index contributed by atoms with van der Waals surface area (Å²) in [5, 5.41) is 0. The highest BCUT2D eigenvalue weighted by Gasteiger charge is 2.54. The molecule has 2 fully saturated rings. The van der Waals surface area contributed by atoms with Crippen molar-refractivity contribution < 1.29 is 52.9 Å². The third-order valence-corrected chi connectivity index (χ3v) is 4.91. The summed E-state index contributed by atoms with van der Waals surface area (Å²) in [6.45, 7) is -0.410. The van der Waals surface area contributed by atoms with E-state index in [1.807, 2.05) is 0 Å². The Morgan fingerprint density at radius 3 is 1.32 bits per heavy atom. The number of hydrogen-bond acceptors (Lipinski definition) is 19. The van der Waals surface area contributed by atoms with Crippen LogP contribution in [0.2, 0.25) is 0 Å². The molecule has 2 aliphatic heterocycles. The van der Waals surface area contributed by atoms with Crippen molar-refractivity contribution in [3.8, 4) is 0 Å². The third-order valence-electron chi connectivity index (χ3n) is 4.91. The molecule has 19 heteroatoms. The van der Waals surface area contributed by atoms with Gasteiger partial charge in [0.05, 0.1) is 13.2 Å². The zero-order valence-corrected chi connectivity index (χ0v) is 16.3. The Kier molecular flexibility index (Phi) is 11.2. The van der Waals surface area contributed by atoms with Crippen molar-refractivity contribution in [3.05, 3.63) is 0 Å². The summed E-state index contributed by atoms with van der Waals surface area (Å²) in [7, 11) is 0. The van der Waals surface area contributed by atoms with Crippen LogP contribution in [0.3, 0.4) is 0 Å². The van der Waals surface area contributed by atoms with Crippen LogP contribution in [-0.2, 0) is 52.9 Å².